The summed E-state index contributed by atoms with van der Waals surface area (Å²) in [6.45, 7) is 0. The van der Waals surface area contributed by atoms with Gasteiger partial charge in [-0.3, -0.25) is 0 Å². The van der Waals surface area contributed by atoms with Gasteiger partial charge >= 0.3 is 0 Å². The van der Waals surface area contributed by atoms with Crippen LogP contribution in [0.3, 0.4) is 0 Å². The summed E-state index contributed by atoms with van der Waals surface area (Å²) in [7, 11) is 3.36. The SMILES string of the molecule is COc1ccc(NC2CCc3ccccc3C2)c(OC)c1. The zero-order chi connectivity index (χ0) is 14.7. The van der Waals surface area contributed by atoms with Gasteiger partial charge < -0.3 is 14.8 Å². The molecule has 3 heteroatoms. The first kappa shape index (κ1) is 13.8. The average molecular weight is 283 g/mol. The number of nitrogens with one attached hydrogen (secondary N) is 1. The lowest BCUT2D eigenvalue weighted by Crippen LogP contribution is -2.27. The molecule has 0 fully saturated rings. The molecule has 0 saturated carbocycles. The molecule has 1 atom stereocenters. The number of aryl methyl sites for hydroxylation is 1. The van der Waals surface area contributed by atoms with Crippen LogP contribution in [0.4, 0.5) is 5.69 Å². The standard InChI is InChI=1S/C18H21NO2/c1-20-16-9-10-17(18(12-16)21-2)19-15-8-7-13-5-3-4-6-14(13)11-15/h3-6,9-10,12,15,19H,7-8,11H2,1-2H3. The molecule has 2 aromatic carbocycles. The van der Waals surface area contributed by atoms with Crippen LogP contribution in [0.5, 0.6) is 11.5 Å². The lowest BCUT2D eigenvalue weighted by Gasteiger charge is -2.27. The average Bonchev–Trinajstić information content (AvgIpc) is 2.55. The Kier molecular flexibility index (Phi) is 4.00. The number of methoxy groups -OCH3 is 2. The monoisotopic (exact) mass is 283 g/mol. The van der Waals surface area contributed by atoms with Gasteiger partial charge in [-0.05, 0) is 42.5 Å². The predicted octanol–water partition coefficient (Wildman–Crippen LogP) is 3.67. The molecular weight excluding hydrogens is 262 g/mol. The largest absolute Gasteiger partial charge is 0.497 e. The highest BCUT2D eigenvalue weighted by Crippen LogP contribution is 2.31. The van der Waals surface area contributed by atoms with E-state index in [0.29, 0.717) is 6.04 Å². The molecule has 3 nitrogen and oxygen atoms in total. The van der Waals surface area contributed by atoms with E-state index in [1.165, 1.54) is 11.1 Å². The van der Waals surface area contributed by atoms with Crippen LogP contribution in [0, 0.1) is 0 Å². The van der Waals surface area contributed by atoms with E-state index >= 15 is 0 Å². The molecule has 3 rings (SSSR count). The summed E-state index contributed by atoms with van der Waals surface area (Å²) in [5.41, 5.74) is 3.97. The van der Waals surface area contributed by atoms with Gasteiger partial charge in [-0.25, -0.2) is 0 Å². The molecule has 1 aliphatic carbocycles. The van der Waals surface area contributed by atoms with Crippen molar-refractivity contribution in [3.8, 4) is 11.5 Å². The van der Waals surface area contributed by atoms with Gasteiger partial charge in [0.1, 0.15) is 11.5 Å². The Morgan fingerprint density at radius 3 is 2.57 bits per heavy atom. The van der Waals surface area contributed by atoms with Crippen molar-refractivity contribution in [1.82, 2.24) is 0 Å². The molecule has 0 spiro atoms. The fourth-order valence-corrected chi connectivity index (χ4v) is 2.96. The van der Waals surface area contributed by atoms with Gasteiger partial charge in [0.15, 0.2) is 0 Å². The molecule has 21 heavy (non-hydrogen) atoms. The van der Waals surface area contributed by atoms with Gasteiger partial charge in [-0.1, -0.05) is 24.3 Å². The molecule has 2 aromatic rings. The molecule has 110 valence electrons. The maximum Gasteiger partial charge on any atom is 0.145 e. The summed E-state index contributed by atoms with van der Waals surface area (Å²) in [5.74, 6) is 1.64. The summed E-state index contributed by atoms with van der Waals surface area (Å²) in [6.07, 6.45) is 3.34. The zero-order valence-corrected chi connectivity index (χ0v) is 12.6. The van der Waals surface area contributed by atoms with Gasteiger partial charge in [-0.15, -0.1) is 0 Å². The van der Waals surface area contributed by atoms with Crippen molar-refractivity contribution in [2.45, 2.75) is 25.3 Å². The Balaban J connectivity index is 1.76. The zero-order valence-electron chi connectivity index (χ0n) is 12.6. The summed E-state index contributed by atoms with van der Waals surface area (Å²) in [4.78, 5) is 0. The highest BCUT2D eigenvalue weighted by Gasteiger charge is 2.19. The fourth-order valence-electron chi connectivity index (χ4n) is 2.96. The topological polar surface area (TPSA) is 30.5 Å². The lowest BCUT2D eigenvalue weighted by atomic mass is 9.88. The third-order valence-electron chi connectivity index (χ3n) is 4.12. The van der Waals surface area contributed by atoms with E-state index in [1.807, 2.05) is 18.2 Å². The van der Waals surface area contributed by atoms with E-state index in [9.17, 15) is 0 Å². The van der Waals surface area contributed by atoms with Crippen LogP contribution in [0.1, 0.15) is 17.5 Å². The van der Waals surface area contributed by atoms with Gasteiger partial charge in [0.2, 0.25) is 0 Å². The van der Waals surface area contributed by atoms with Gasteiger partial charge in [0.05, 0.1) is 19.9 Å². The van der Waals surface area contributed by atoms with Crippen LogP contribution >= 0.6 is 0 Å². The third kappa shape index (κ3) is 2.97. The van der Waals surface area contributed by atoms with Crippen molar-refractivity contribution in [1.29, 1.82) is 0 Å². The second-order valence-electron chi connectivity index (χ2n) is 5.42. The Hall–Kier alpha value is -2.16. The van der Waals surface area contributed by atoms with Crippen LogP contribution in [0.2, 0.25) is 0 Å². The number of ether oxygens (including phenoxy) is 2. The maximum absolute atomic E-state index is 5.46. The minimum Gasteiger partial charge on any atom is -0.497 e. The van der Waals surface area contributed by atoms with Crippen LogP contribution in [-0.4, -0.2) is 20.3 Å². The number of fused-ring (bicyclic) bond motifs is 1. The molecule has 0 bridgehead atoms. The minimum absolute atomic E-state index is 0.446. The van der Waals surface area contributed by atoms with Gasteiger partial charge in [0, 0.05) is 12.1 Å². The smallest absolute Gasteiger partial charge is 0.145 e. The summed E-state index contributed by atoms with van der Waals surface area (Å²) in [5, 5.41) is 3.61. The van der Waals surface area contributed by atoms with E-state index in [1.54, 1.807) is 14.2 Å². The predicted molar refractivity (Wildman–Crippen MR) is 85.4 cm³/mol. The molecule has 0 amide bonds. The van der Waals surface area contributed by atoms with Crippen LogP contribution in [0.15, 0.2) is 42.5 Å². The number of rotatable bonds is 4. The first-order valence-electron chi connectivity index (χ1n) is 7.35. The number of anilines is 1. The quantitative estimate of drug-likeness (QED) is 0.928. The van der Waals surface area contributed by atoms with Crippen LogP contribution in [-0.2, 0) is 12.8 Å². The number of benzene rings is 2. The highest BCUT2D eigenvalue weighted by atomic mass is 16.5. The highest BCUT2D eigenvalue weighted by molar-refractivity contribution is 5.60. The van der Waals surface area contributed by atoms with E-state index in [2.05, 4.69) is 29.6 Å². The Labute approximate surface area is 125 Å². The molecule has 0 heterocycles. The molecule has 0 saturated heterocycles. The Morgan fingerprint density at radius 1 is 1.00 bits per heavy atom. The minimum atomic E-state index is 0.446. The van der Waals surface area contributed by atoms with Crippen molar-refractivity contribution in [2.75, 3.05) is 19.5 Å². The van der Waals surface area contributed by atoms with E-state index in [4.69, 9.17) is 9.47 Å². The van der Waals surface area contributed by atoms with Gasteiger partial charge in [0.25, 0.3) is 0 Å². The van der Waals surface area contributed by atoms with Gasteiger partial charge in [-0.2, -0.15) is 0 Å². The fraction of sp³-hybridized carbons (Fsp3) is 0.333. The second-order valence-corrected chi connectivity index (χ2v) is 5.42. The van der Waals surface area contributed by atoms with E-state index in [0.717, 1.165) is 36.4 Å². The molecule has 0 aromatic heterocycles. The van der Waals surface area contributed by atoms with Crippen LogP contribution in [0.25, 0.3) is 0 Å². The van der Waals surface area contributed by atoms with Crippen molar-refractivity contribution in [3.05, 3.63) is 53.6 Å². The van der Waals surface area contributed by atoms with E-state index in [-0.39, 0.29) is 0 Å². The molecule has 0 aliphatic heterocycles. The molecule has 0 radical (unpaired) electrons. The molecular formula is C18H21NO2. The maximum atomic E-state index is 5.46. The van der Waals surface area contributed by atoms with Crippen molar-refractivity contribution < 1.29 is 9.47 Å². The molecule has 1 N–H and O–H groups in total. The van der Waals surface area contributed by atoms with Crippen molar-refractivity contribution >= 4 is 5.69 Å². The first-order valence-corrected chi connectivity index (χ1v) is 7.35. The number of hydrogen-bond acceptors (Lipinski definition) is 3. The molecule has 1 aliphatic rings. The van der Waals surface area contributed by atoms with Crippen LogP contribution < -0.4 is 14.8 Å². The summed E-state index contributed by atoms with van der Waals surface area (Å²) >= 11 is 0. The van der Waals surface area contributed by atoms with E-state index < -0.39 is 0 Å². The summed E-state index contributed by atoms with van der Waals surface area (Å²) < 4.78 is 10.7. The summed E-state index contributed by atoms with van der Waals surface area (Å²) in [6, 6.07) is 15.1. The normalized spacial score (nSPS) is 17.0. The molecule has 1 unspecified atom stereocenters. The first-order chi connectivity index (χ1) is 10.3. The second kappa shape index (κ2) is 6.08. The van der Waals surface area contributed by atoms with Crippen molar-refractivity contribution in [3.63, 3.8) is 0 Å². The third-order valence-corrected chi connectivity index (χ3v) is 4.12. The Morgan fingerprint density at radius 2 is 1.81 bits per heavy atom. The number of hydrogen-bond donors (Lipinski definition) is 1. The lowest BCUT2D eigenvalue weighted by molar-refractivity contribution is 0.395. The Bertz CT molecular complexity index is 624. The van der Waals surface area contributed by atoms with Crippen molar-refractivity contribution in [2.24, 2.45) is 0 Å².